The minimum absolute atomic E-state index is 0.00366. The molecule has 12 rings (SSSR count). The molecule has 0 aromatic heterocycles. The molecule has 12 aliphatic carbocycles. The van der Waals surface area contributed by atoms with E-state index in [0.29, 0.717) is 102 Å². The van der Waals surface area contributed by atoms with E-state index in [1.807, 2.05) is 21.1 Å². The maximum Gasteiger partial charge on any atom is 0.0602 e. The van der Waals surface area contributed by atoms with E-state index in [9.17, 15) is 0 Å². The van der Waals surface area contributed by atoms with E-state index >= 15 is 0 Å². The van der Waals surface area contributed by atoms with Crippen LogP contribution in [0.3, 0.4) is 0 Å². The molecule has 680 valence electrons. The molecule has 0 aromatic carbocycles. The summed E-state index contributed by atoms with van der Waals surface area (Å²) < 4.78 is 59.5. The first-order chi connectivity index (χ1) is 53.3. The van der Waals surface area contributed by atoms with Crippen LogP contribution in [0.4, 0.5) is 0 Å². The summed E-state index contributed by atoms with van der Waals surface area (Å²) in [5.74, 6) is 16.8. The molecule has 0 heterocycles. The minimum atomic E-state index is 0.00366. The Bertz CT molecular complexity index is 2020. The van der Waals surface area contributed by atoms with Crippen molar-refractivity contribution < 1.29 is 52.1 Å². The molecule has 0 radical (unpaired) electrons. The lowest BCUT2D eigenvalue weighted by atomic mass is 9.50. The summed E-state index contributed by atoms with van der Waals surface area (Å²) in [5, 5.41) is 0. The molecule has 0 aliphatic heterocycles. The topological polar surface area (TPSA) is 102 Å². The summed E-state index contributed by atoms with van der Waals surface area (Å²) in [4.78, 5) is 0. The van der Waals surface area contributed by atoms with Gasteiger partial charge in [-0.1, -0.05) is 167 Å². The van der Waals surface area contributed by atoms with E-state index in [-0.39, 0.29) is 5.60 Å². The fraction of sp³-hybridized carbons (Fsp3) is 1.00. The van der Waals surface area contributed by atoms with Crippen LogP contribution >= 0.6 is 0 Å². The fourth-order valence-corrected chi connectivity index (χ4v) is 19.7. The molecule has 113 heavy (non-hydrogen) atoms. The Hall–Kier alpha value is -0.440. The molecular weight excluding hydrogens is 1400 g/mol. The van der Waals surface area contributed by atoms with Crippen molar-refractivity contribution in [1.29, 1.82) is 0 Å². The van der Waals surface area contributed by atoms with Gasteiger partial charge in [0.25, 0.3) is 0 Å². The van der Waals surface area contributed by atoms with Crippen molar-refractivity contribution in [2.45, 2.75) is 467 Å². The Morgan fingerprint density at radius 3 is 1.05 bits per heavy atom. The number of hydrogen-bond acceptors (Lipinski definition) is 11. The molecule has 12 atom stereocenters. The maximum atomic E-state index is 5.80. The van der Waals surface area contributed by atoms with Gasteiger partial charge in [-0.2, -0.15) is 0 Å². The molecule has 8 bridgehead atoms. The van der Waals surface area contributed by atoms with Gasteiger partial charge in [-0.05, 0) is 351 Å². The van der Waals surface area contributed by atoms with Crippen molar-refractivity contribution in [3.63, 3.8) is 0 Å². The predicted molar refractivity (Wildman–Crippen MR) is 489 cm³/mol. The van der Waals surface area contributed by atoms with E-state index in [4.69, 9.17) is 52.1 Å². The van der Waals surface area contributed by atoms with Crippen LogP contribution in [-0.2, 0) is 52.1 Å². The average molecular weight is 1610 g/mol. The van der Waals surface area contributed by atoms with E-state index in [1.54, 1.807) is 47.0 Å². The van der Waals surface area contributed by atoms with Gasteiger partial charge in [0, 0.05) is 68.6 Å². The summed E-state index contributed by atoms with van der Waals surface area (Å²) in [7, 11) is 8.90. The number of methoxy groups -OCH3 is 5. The van der Waals surface area contributed by atoms with Crippen LogP contribution in [0.5, 0.6) is 0 Å². The van der Waals surface area contributed by atoms with Crippen molar-refractivity contribution >= 4 is 0 Å². The highest BCUT2D eigenvalue weighted by Gasteiger charge is 2.51. The first-order valence-electron chi connectivity index (χ1n) is 48.6. The highest BCUT2D eigenvalue weighted by atomic mass is 16.5. The second-order valence-electron chi connectivity index (χ2n) is 40.8. The Kier molecular flexibility index (Phi) is 64.1. The first-order valence-corrected chi connectivity index (χ1v) is 48.6. The molecule has 12 saturated carbocycles. The zero-order chi connectivity index (χ0) is 86.0. The van der Waals surface area contributed by atoms with E-state index in [2.05, 4.69) is 201 Å². The zero-order valence-electron chi connectivity index (χ0n) is 82.7. The lowest BCUT2D eigenvalue weighted by molar-refractivity contribution is -0.0947. The molecule has 12 aliphatic rings. The largest absolute Gasteiger partial charge is 0.381 e. The number of ether oxygens (including phenoxy) is 11. The third-order valence-corrected chi connectivity index (χ3v) is 28.8. The average Bonchev–Trinajstić information content (AvgIpc) is 0.971. The smallest absolute Gasteiger partial charge is 0.0602 e. The molecule has 11 heteroatoms. The standard InChI is InChI=1S/C14H26O.2C13H22O.C9H18O.C9H20O.C8H16O.2C8H18O.2C7H16O.C6H14O/c1-2-15-14-10-6-9-13(11-14)12-7-4-3-5-8-12;1-2-14-9-13-6-10-3-11(7-13)5-12(4-10)8-13;1-2-14-8-13-11-4-9-3-10(6-11)7-12(13)5-9;1-8(10-2)9-6-4-3-5-7-9;1-7(2)8(3)10-9(4,5)6;1-7(9-2)8-5-3-4-6-8;1-6(2)7(3)8(4)9-5;1-6(2)8(5)9-7(3)4;1-5-6(2)7(3)8-4;1-5-8-7(4)6(2)3;1-5(2)6(3)7-4/h12-14H,2-11H2,1H3;10-12H,2-9H2,1H3;9-13H,2-8H2,1H3;8-9H,3-7H2,1-2H3;7-8H,1-6H3;7-8H,3-6H2,1-2H3;2*6-8H,1-5H3;2*6-7H,5H2,1-4H3;5-6H,1-4H3. The second kappa shape index (κ2) is 64.4. The van der Waals surface area contributed by atoms with Gasteiger partial charge < -0.3 is 52.1 Å². The summed E-state index contributed by atoms with van der Waals surface area (Å²) in [5.41, 5.74) is 0.633. The molecule has 11 nitrogen and oxygen atoms in total. The van der Waals surface area contributed by atoms with Crippen LogP contribution < -0.4 is 0 Å². The van der Waals surface area contributed by atoms with Gasteiger partial charge in [-0.25, -0.2) is 0 Å². The lowest BCUT2D eigenvalue weighted by Crippen LogP contribution is -2.48. The van der Waals surface area contributed by atoms with Crippen LogP contribution in [-0.4, -0.2) is 142 Å². The van der Waals surface area contributed by atoms with Gasteiger partial charge in [0.2, 0.25) is 0 Å². The number of rotatable bonds is 29. The van der Waals surface area contributed by atoms with Gasteiger partial charge in [0.05, 0.1) is 73.2 Å². The minimum Gasteiger partial charge on any atom is -0.381 e. The molecule has 0 amide bonds. The van der Waals surface area contributed by atoms with Crippen LogP contribution in [0.2, 0.25) is 0 Å². The van der Waals surface area contributed by atoms with Crippen molar-refractivity contribution in [3.05, 3.63) is 0 Å². The zero-order valence-corrected chi connectivity index (χ0v) is 82.7. The SMILES string of the molecule is CC(C)C(C)OC(C)(C)C.CC(C)OC(C)C(C)C.CCC(C)C(C)OC.CCOC(C)C(C)C.CCOC1CCCC(C2CCCCC2)C1.CCOCC12CC3CC(CC(C3)C1)C2.CCOCC1C2CC3CC(C2)CC1C3.COC(C)C(C)C.COC(C)C(C)C(C)C.COC(C)C1CCCC1.COC(C)C1CCCCC1. The highest BCUT2D eigenvalue weighted by Crippen LogP contribution is 2.60. The molecular formula is C102H206O11. The molecule has 12 fully saturated rings. The van der Waals surface area contributed by atoms with Gasteiger partial charge in [-0.3, -0.25) is 0 Å². The Morgan fingerprint density at radius 1 is 0.345 bits per heavy atom. The summed E-state index contributed by atoms with van der Waals surface area (Å²) in [6, 6.07) is 0. The van der Waals surface area contributed by atoms with Crippen LogP contribution in [0.1, 0.15) is 400 Å². The summed E-state index contributed by atoms with van der Waals surface area (Å²) in [6.07, 6.45) is 48.0. The summed E-state index contributed by atoms with van der Waals surface area (Å²) >= 11 is 0. The van der Waals surface area contributed by atoms with Gasteiger partial charge in [0.1, 0.15) is 0 Å². The first kappa shape index (κ1) is 113. The third-order valence-electron chi connectivity index (χ3n) is 28.8. The van der Waals surface area contributed by atoms with Crippen molar-refractivity contribution in [2.24, 2.45) is 118 Å². The van der Waals surface area contributed by atoms with Crippen molar-refractivity contribution in [2.75, 3.05) is 75.2 Å². The molecule has 0 N–H and O–H groups in total. The lowest BCUT2D eigenvalue weighted by Gasteiger charge is -2.56. The van der Waals surface area contributed by atoms with Crippen molar-refractivity contribution in [3.8, 4) is 0 Å². The fourth-order valence-electron chi connectivity index (χ4n) is 19.7. The monoisotopic (exact) mass is 1610 g/mol. The van der Waals surface area contributed by atoms with Crippen LogP contribution in [0.25, 0.3) is 0 Å². The second-order valence-corrected chi connectivity index (χ2v) is 40.8. The van der Waals surface area contributed by atoms with Gasteiger partial charge in [-0.15, -0.1) is 0 Å². The van der Waals surface area contributed by atoms with E-state index < -0.39 is 0 Å². The maximum absolute atomic E-state index is 5.80. The highest BCUT2D eigenvalue weighted by molar-refractivity contribution is 5.02. The normalized spacial score (nSPS) is 28.3. The summed E-state index contributed by atoms with van der Waals surface area (Å²) in [6.45, 7) is 69.9. The quantitative estimate of drug-likeness (QED) is 0.0715. The van der Waals surface area contributed by atoms with E-state index in [1.165, 1.54) is 167 Å². The molecule has 0 spiro atoms. The van der Waals surface area contributed by atoms with Crippen LogP contribution in [0, 0.1) is 118 Å². The molecule has 0 aromatic rings. The van der Waals surface area contributed by atoms with E-state index in [0.717, 1.165) is 117 Å². The Labute approximate surface area is 708 Å². The van der Waals surface area contributed by atoms with Gasteiger partial charge in [0.15, 0.2) is 0 Å². The van der Waals surface area contributed by atoms with Crippen molar-refractivity contribution in [1.82, 2.24) is 0 Å². The van der Waals surface area contributed by atoms with Gasteiger partial charge >= 0.3 is 0 Å². The predicted octanol–water partition coefficient (Wildman–Crippen LogP) is 28.7. The Balaban J connectivity index is 0.00000123. The molecule has 12 unspecified atom stereocenters. The molecule has 0 saturated heterocycles. The van der Waals surface area contributed by atoms with Crippen LogP contribution in [0.15, 0.2) is 0 Å². The third kappa shape index (κ3) is 50.1. The Morgan fingerprint density at radius 2 is 0.752 bits per heavy atom. The number of hydrogen-bond donors (Lipinski definition) is 0.